The first-order chi connectivity index (χ1) is 10.1. The molecule has 0 fully saturated rings. The van der Waals surface area contributed by atoms with Crippen molar-refractivity contribution in [3.05, 3.63) is 58.1 Å². The number of fused-ring (bicyclic) bond motifs is 1. The van der Waals surface area contributed by atoms with E-state index in [9.17, 15) is 0 Å². The van der Waals surface area contributed by atoms with Gasteiger partial charge in [0.25, 0.3) is 0 Å². The van der Waals surface area contributed by atoms with Gasteiger partial charge in [-0.15, -0.1) is 0 Å². The van der Waals surface area contributed by atoms with Gasteiger partial charge < -0.3 is 10.1 Å². The molecule has 0 spiro atoms. The topological polar surface area (TPSA) is 21.3 Å². The Morgan fingerprint density at radius 3 is 2.67 bits per heavy atom. The van der Waals surface area contributed by atoms with Crippen LogP contribution in [0.4, 0.5) is 0 Å². The predicted octanol–water partition coefficient (Wildman–Crippen LogP) is 4.54. The van der Waals surface area contributed by atoms with Crippen LogP contribution in [0.1, 0.15) is 30.5 Å². The van der Waals surface area contributed by atoms with E-state index in [4.69, 9.17) is 16.3 Å². The summed E-state index contributed by atoms with van der Waals surface area (Å²) in [6.07, 6.45) is 0. The molecule has 0 unspecified atom stereocenters. The summed E-state index contributed by atoms with van der Waals surface area (Å²) >= 11 is 6.47. The van der Waals surface area contributed by atoms with Crippen LogP contribution in [0, 0.1) is 0 Å². The number of ether oxygens (including phenoxy) is 1. The second-order valence-electron chi connectivity index (χ2n) is 5.83. The van der Waals surface area contributed by atoms with E-state index in [1.54, 1.807) is 0 Å². The predicted molar refractivity (Wildman–Crippen MR) is 87.4 cm³/mol. The van der Waals surface area contributed by atoms with Crippen molar-refractivity contribution in [2.24, 2.45) is 0 Å². The molecule has 2 aromatic carbocycles. The minimum atomic E-state index is 0.472. The van der Waals surface area contributed by atoms with Gasteiger partial charge in [0.2, 0.25) is 0 Å². The smallest absolute Gasteiger partial charge is 0.0725 e. The fraction of sp³-hybridized carbons (Fsp3) is 0.333. The van der Waals surface area contributed by atoms with Gasteiger partial charge in [-0.3, -0.25) is 0 Å². The Kier molecular flexibility index (Phi) is 4.29. The molecule has 110 valence electrons. The number of halogens is 1. The summed E-state index contributed by atoms with van der Waals surface area (Å²) in [7, 11) is 0. The lowest BCUT2D eigenvalue weighted by Crippen LogP contribution is -2.21. The fourth-order valence-electron chi connectivity index (χ4n) is 2.56. The van der Waals surface area contributed by atoms with E-state index < -0.39 is 0 Å². The summed E-state index contributed by atoms with van der Waals surface area (Å²) in [5.41, 5.74) is 6.01. The molecule has 1 aliphatic heterocycles. The van der Waals surface area contributed by atoms with Crippen molar-refractivity contribution in [1.82, 2.24) is 5.32 Å². The van der Waals surface area contributed by atoms with Crippen LogP contribution < -0.4 is 5.32 Å². The largest absolute Gasteiger partial charge is 0.372 e. The van der Waals surface area contributed by atoms with E-state index in [2.05, 4.69) is 55.6 Å². The molecule has 1 aliphatic rings. The van der Waals surface area contributed by atoms with Crippen LogP contribution in [0.25, 0.3) is 11.1 Å². The molecule has 0 atom stereocenters. The van der Waals surface area contributed by atoms with Gasteiger partial charge in [-0.2, -0.15) is 0 Å². The minimum absolute atomic E-state index is 0.472. The molecular formula is C18H20ClNO. The Hall–Kier alpha value is -1.35. The van der Waals surface area contributed by atoms with Gasteiger partial charge in [0.15, 0.2) is 0 Å². The molecule has 3 rings (SSSR count). The van der Waals surface area contributed by atoms with Crippen molar-refractivity contribution in [3.63, 3.8) is 0 Å². The Bertz CT molecular complexity index is 652. The van der Waals surface area contributed by atoms with E-state index in [1.807, 2.05) is 0 Å². The lowest BCUT2D eigenvalue weighted by molar-refractivity contribution is 0.134. The molecule has 0 saturated heterocycles. The molecule has 0 saturated carbocycles. The van der Waals surface area contributed by atoms with Crippen LogP contribution in [-0.4, -0.2) is 6.04 Å². The van der Waals surface area contributed by atoms with E-state index >= 15 is 0 Å². The second kappa shape index (κ2) is 6.18. The Morgan fingerprint density at radius 1 is 1.10 bits per heavy atom. The molecule has 1 heterocycles. The number of benzene rings is 2. The molecule has 21 heavy (non-hydrogen) atoms. The standard InChI is InChI=1S/C18H20ClNO/c1-12(2)20-9-13-3-6-17(18(19)7-13)14-4-5-15-10-21-11-16(15)8-14/h3-8,12,20H,9-11H2,1-2H3. The van der Waals surface area contributed by atoms with Gasteiger partial charge in [-0.25, -0.2) is 0 Å². The van der Waals surface area contributed by atoms with Crippen molar-refractivity contribution in [1.29, 1.82) is 0 Å². The lowest BCUT2D eigenvalue weighted by atomic mass is 9.99. The number of hydrogen-bond donors (Lipinski definition) is 1. The molecule has 3 heteroatoms. The molecule has 0 amide bonds. The SMILES string of the molecule is CC(C)NCc1ccc(-c2ccc3c(c2)COC3)c(Cl)c1. The Balaban J connectivity index is 1.85. The molecule has 2 aromatic rings. The quantitative estimate of drug-likeness (QED) is 0.895. The maximum Gasteiger partial charge on any atom is 0.0725 e. The summed E-state index contributed by atoms with van der Waals surface area (Å²) in [4.78, 5) is 0. The third-order valence-corrected chi connectivity index (χ3v) is 4.09. The fourth-order valence-corrected chi connectivity index (χ4v) is 2.88. The first-order valence-corrected chi connectivity index (χ1v) is 7.73. The summed E-state index contributed by atoms with van der Waals surface area (Å²) < 4.78 is 5.47. The molecule has 0 bridgehead atoms. The first kappa shape index (κ1) is 14.6. The zero-order valence-corrected chi connectivity index (χ0v) is 13.2. The monoisotopic (exact) mass is 301 g/mol. The van der Waals surface area contributed by atoms with Crippen LogP contribution >= 0.6 is 11.6 Å². The van der Waals surface area contributed by atoms with Gasteiger partial charge in [-0.05, 0) is 34.4 Å². The van der Waals surface area contributed by atoms with Crippen molar-refractivity contribution in [2.45, 2.75) is 39.6 Å². The molecule has 2 nitrogen and oxygen atoms in total. The van der Waals surface area contributed by atoms with Crippen LogP contribution in [0.5, 0.6) is 0 Å². The normalized spacial score (nSPS) is 13.7. The highest BCUT2D eigenvalue weighted by molar-refractivity contribution is 6.33. The van der Waals surface area contributed by atoms with Crippen LogP contribution in [0.3, 0.4) is 0 Å². The maximum absolute atomic E-state index is 6.47. The van der Waals surface area contributed by atoms with Gasteiger partial charge in [-0.1, -0.05) is 49.7 Å². The van der Waals surface area contributed by atoms with Crippen molar-refractivity contribution < 1.29 is 4.74 Å². The second-order valence-corrected chi connectivity index (χ2v) is 6.23. The zero-order chi connectivity index (χ0) is 14.8. The Labute approximate surface area is 131 Å². The highest BCUT2D eigenvalue weighted by Crippen LogP contribution is 2.32. The highest BCUT2D eigenvalue weighted by Gasteiger charge is 2.13. The average Bonchev–Trinajstić information content (AvgIpc) is 2.92. The van der Waals surface area contributed by atoms with E-state index in [0.717, 1.165) is 29.3 Å². The molecule has 0 aliphatic carbocycles. The van der Waals surface area contributed by atoms with Gasteiger partial charge in [0.05, 0.1) is 13.2 Å². The molecular weight excluding hydrogens is 282 g/mol. The summed E-state index contributed by atoms with van der Waals surface area (Å²) in [6.45, 7) is 6.56. The maximum atomic E-state index is 6.47. The van der Waals surface area contributed by atoms with E-state index in [0.29, 0.717) is 12.6 Å². The third kappa shape index (κ3) is 3.29. The molecule has 0 radical (unpaired) electrons. The third-order valence-electron chi connectivity index (χ3n) is 3.78. The molecule has 1 N–H and O–H groups in total. The minimum Gasteiger partial charge on any atom is -0.372 e. The molecule has 0 aromatic heterocycles. The van der Waals surface area contributed by atoms with Gasteiger partial charge in [0, 0.05) is 23.2 Å². The zero-order valence-electron chi connectivity index (χ0n) is 12.4. The van der Waals surface area contributed by atoms with Gasteiger partial charge in [0.1, 0.15) is 0 Å². The lowest BCUT2D eigenvalue weighted by Gasteiger charge is -2.11. The van der Waals surface area contributed by atoms with Crippen molar-refractivity contribution in [3.8, 4) is 11.1 Å². The first-order valence-electron chi connectivity index (χ1n) is 7.35. The van der Waals surface area contributed by atoms with Crippen LogP contribution in [-0.2, 0) is 24.5 Å². The van der Waals surface area contributed by atoms with Crippen molar-refractivity contribution >= 4 is 11.6 Å². The van der Waals surface area contributed by atoms with Crippen LogP contribution in [0.2, 0.25) is 5.02 Å². The van der Waals surface area contributed by atoms with E-state index in [-0.39, 0.29) is 0 Å². The summed E-state index contributed by atoms with van der Waals surface area (Å²) in [6, 6.07) is 13.2. The number of hydrogen-bond acceptors (Lipinski definition) is 2. The van der Waals surface area contributed by atoms with Gasteiger partial charge >= 0.3 is 0 Å². The summed E-state index contributed by atoms with van der Waals surface area (Å²) in [5.74, 6) is 0. The van der Waals surface area contributed by atoms with E-state index in [1.165, 1.54) is 16.7 Å². The highest BCUT2D eigenvalue weighted by atomic mass is 35.5. The van der Waals surface area contributed by atoms with Crippen LogP contribution in [0.15, 0.2) is 36.4 Å². The number of rotatable bonds is 4. The summed E-state index contributed by atoms with van der Waals surface area (Å²) in [5, 5.41) is 4.21. The Morgan fingerprint density at radius 2 is 1.90 bits per heavy atom. The average molecular weight is 302 g/mol. The van der Waals surface area contributed by atoms with Crippen molar-refractivity contribution in [2.75, 3.05) is 0 Å². The number of nitrogens with one attached hydrogen (secondary N) is 1.